The average Bonchev–Trinajstić information content (AvgIpc) is 2.41. The first kappa shape index (κ1) is 14.9. The molecule has 1 aromatic rings. The van der Waals surface area contributed by atoms with Crippen molar-refractivity contribution in [1.29, 1.82) is 0 Å². The van der Waals surface area contributed by atoms with Crippen LogP contribution in [-0.4, -0.2) is 23.9 Å². The zero-order valence-electron chi connectivity index (χ0n) is 11.6. The van der Waals surface area contributed by atoms with Crippen molar-refractivity contribution in [3.8, 4) is 0 Å². The maximum absolute atomic E-state index is 13.8. The third-order valence-corrected chi connectivity index (χ3v) is 4.09. The van der Waals surface area contributed by atoms with Crippen LogP contribution < -0.4 is 5.73 Å². The van der Waals surface area contributed by atoms with Crippen LogP contribution in [0.1, 0.15) is 37.8 Å². The van der Waals surface area contributed by atoms with Crippen LogP contribution in [0.2, 0.25) is 0 Å². The fourth-order valence-corrected chi connectivity index (χ4v) is 2.86. The van der Waals surface area contributed by atoms with Crippen LogP contribution in [0, 0.1) is 17.6 Å². The van der Waals surface area contributed by atoms with E-state index in [4.69, 9.17) is 5.73 Å². The van der Waals surface area contributed by atoms with Crippen molar-refractivity contribution in [1.82, 2.24) is 4.90 Å². The Kier molecular flexibility index (Phi) is 4.70. The van der Waals surface area contributed by atoms with E-state index in [2.05, 4.69) is 4.90 Å². The minimum Gasteiger partial charge on any atom is -0.370 e. The highest BCUT2D eigenvalue weighted by molar-refractivity contribution is 5.73. The molecule has 1 aliphatic heterocycles. The predicted octanol–water partition coefficient (Wildman–Crippen LogP) is 2.61. The molecule has 1 saturated heterocycles. The van der Waals surface area contributed by atoms with Gasteiger partial charge in [0.05, 0.1) is 0 Å². The Balaban J connectivity index is 1.99. The standard InChI is InChI=1S/C15H20F2N2O/c1-10(13-9-12(16)2-3-14(13)17)19-6-4-11(5-7-19)8-15(18)20/h2-3,9-11H,4-8H2,1H3,(H2,18,20)/t10-/m0/s1. The van der Waals surface area contributed by atoms with E-state index in [-0.39, 0.29) is 17.8 Å². The number of carbonyl (C=O) groups excluding carboxylic acids is 1. The summed E-state index contributed by atoms with van der Waals surface area (Å²) in [5.41, 5.74) is 5.59. The summed E-state index contributed by atoms with van der Waals surface area (Å²) in [5, 5.41) is 0. The number of nitrogens with two attached hydrogens (primary N) is 1. The van der Waals surface area contributed by atoms with Gasteiger partial charge in [-0.25, -0.2) is 8.78 Å². The van der Waals surface area contributed by atoms with Crippen LogP contribution in [0.3, 0.4) is 0 Å². The molecule has 0 aromatic heterocycles. The zero-order chi connectivity index (χ0) is 14.7. The monoisotopic (exact) mass is 282 g/mol. The second-order valence-corrected chi connectivity index (χ2v) is 5.49. The second kappa shape index (κ2) is 6.31. The molecule has 0 bridgehead atoms. The number of nitrogens with zero attached hydrogens (tertiary/aromatic N) is 1. The summed E-state index contributed by atoms with van der Waals surface area (Å²) in [4.78, 5) is 13.0. The van der Waals surface area contributed by atoms with Crippen LogP contribution in [0.4, 0.5) is 8.78 Å². The van der Waals surface area contributed by atoms with Gasteiger partial charge in [-0.1, -0.05) is 0 Å². The molecule has 0 radical (unpaired) electrons. The molecule has 0 aliphatic carbocycles. The average molecular weight is 282 g/mol. The second-order valence-electron chi connectivity index (χ2n) is 5.49. The lowest BCUT2D eigenvalue weighted by Gasteiger charge is -2.36. The smallest absolute Gasteiger partial charge is 0.217 e. The van der Waals surface area contributed by atoms with E-state index in [0.717, 1.165) is 32.0 Å². The lowest BCUT2D eigenvalue weighted by Crippen LogP contribution is -2.37. The number of carbonyl (C=O) groups is 1. The van der Waals surface area contributed by atoms with E-state index >= 15 is 0 Å². The number of hydrogen-bond donors (Lipinski definition) is 1. The van der Waals surface area contributed by atoms with Gasteiger partial charge in [0.15, 0.2) is 0 Å². The normalized spacial score (nSPS) is 18.9. The van der Waals surface area contributed by atoms with Crippen molar-refractivity contribution in [2.24, 2.45) is 11.7 Å². The summed E-state index contributed by atoms with van der Waals surface area (Å²) in [6.45, 7) is 3.43. The Morgan fingerprint density at radius 2 is 2.05 bits per heavy atom. The number of piperidine rings is 1. The van der Waals surface area contributed by atoms with Crippen molar-refractivity contribution in [2.45, 2.75) is 32.2 Å². The van der Waals surface area contributed by atoms with E-state index in [0.29, 0.717) is 17.9 Å². The molecule has 3 nitrogen and oxygen atoms in total. The molecule has 0 unspecified atom stereocenters. The van der Waals surface area contributed by atoms with Gasteiger partial charge in [-0.2, -0.15) is 0 Å². The lowest BCUT2D eigenvalue weighted by atomic mass is 9.91. The number of halogens is 2. The van der Waals surface area contributed by atoms with Gasteiger partial charge in [0, 0.05) is 18.0 Å². The third kappa shape index (κ3) is 3.54. The van der Waals surface area contributed by atoms with Crippen LogP contribution in [-0.2, 0) is 4.79 Å². The van der Waals surface area contributed by atoms with Crippen molar-refractivity contribution >= 4 is 5.91 Å². The van der Waals surface area contributed by atoms with Gasteiger partial charge < -0.3 is 5.73 Å². The largest absolute Gasteiger partial charge is 0.370 e. The van der Waals surface area contributed by atoms with Crippen LogP contribution in [0.25, 0.3) is 0 Å². The Morgan fingerprint density at radius 3 is 2.65 bits per heavy atom. The lowest BCUT2D eigenvalue weighted by molar-refractivity contribution is -0.119. The van der Waals surface area contributed by atoms with Crippen molar-refractivity contribution in [3.63, 3.8) is 0 Å². The Morgan fingerprint density at radius 1 is 1.40 bits per heavy atom. The molecule has 5 heteroatoms. The fraction of sp³-hybridized carbons (Fsp3) is 0.533. The predicted molar refractivity (Wildman–Crippen MR) is 72.9 cm³/mol. The first-order valence-electron chi connectivity index (χ1n) is 6.94. The fourth-order valence-electron chi connectivity index (χ4n) is 2.86. The number of hydrogen-bond acceptors (Lipinski definition) is 2. The number of primary amides is 1. The molecule has 2 rings (SSSR count). The molecule has 20 heavy (non-hydrogen) atoms. The summed E-state index contributed by atoms with van der Waals surface area (Å²) in [6.07, 6.45) is 2.14. The molecular formula is C15H20F2N2O. The molecule has 1 aromatic carbocycles. The van der Waals surface area contributed by atoms with Gasteiger partial charge in [0.2, 0.25) is 5.91 Å². The van der Waals surface area contributed by atoms with Gasteiger partial charge in [-0.05, 0) is 57.0 Å². The maximum atomic E-state index is 13.8. The van der Waals surface area contributed by atoms with Crippen molar-refractivity contribution in [2.75, 3.05) is 13.1 Å². The first-order valence-corrected chi connectivity index (χ1v) is 6.94. The van der Waals surface area contributed by atoms with E-state index < -0.39 is 5.82 Å². The molecular weight excluding hydrogens is 262 g/mol. The van der Waals surface area contributed by atoms with Crippen LogP contribution in [0.5, 0.6) is 0 Å². The van der Waals surface area contributed by atoms with Gasteiger partial charge in [0.1, 0.15) is 11.6 Å². The summed E-state index contributed by atoms with van der Waals surface area (Å²) in [5.74, 6) is -0.754. The SMILES string of the molecule is C[C@@H](c1cc(F)ccc1F)N1CCC(CC(N)=O)CC1. The minimum absolute atomic E-state index is 0.166. The highest BCUT2D eigenvalue weighted by Gasteiger charge is 2.25. The van der Waals surface area contributed by atoms with E-state index in [1.165, 1.54) is 12.1 Å². The third-order valence-electron chi connectivity index (χ3n) is 4.09. The number of amides is 1. The quantitative estimate of drug-likeness (QED) is 0.922. The molecule has 1 amide bonds. The first-order chi connectivity index (χ1) is 9.47. The van der Waals surface area contributed by atoms with Gasteiger partial charge in [-0.15, -0.1) is 0 Å². The van der Waals surface area contributed by atoms with Gasteiger partial charge in [-0.3, -0.25) is 9.69 Å². The molecule has 0 saturated carbocycles. The van der Waals surface area contributed by atoms with Crippen LogP contribution >= 0.6 is 0 Å². The molecule has 1 aliphatic rings. The summed E-state index contributed by atoms with van der Waals surface area (Å²) < 4.78 is 27.0. The highest BCUT2D eigenvalue weighted by Crippen LogP contribution is 2.29. The molecule has 1 heterocycles. The summed E-state index contributed by atoms with van der Waals surface area (Å²) in [6, 6.07) is 3.39. The Labute approximate surface area is 117 Å². The molecule has 0 spiro atoms. The highest BCUT2D eigenvalue weighted by atomic mass is 19.1. The van der Waals surface area contributed by atoms with E-state index in [1.54, 1.807) is 0 Å². The van der Waals surface area contributed by atoms with Crippen molar-refractivity contribution in [3.05, 3.63) is 35.4 Å². The molecule has 110 valence electrons. The molecule has 2 N–H and O–H groups in total. The Hall–Kier alpha value is -1.49. The number of likely N-dealkylation sites (tertiary alicyclic amines) is 1. The summed E-state index contributed by atoms with van der Waals surface area (Å²) in [7, 11) is 0. The minimum atomic E-state index is -0.420. The zero-order valence-corrected chi connectivity index (χ0v) is 11.6. The molecule has 1 atom stereocenters. The Bertz CT molecular complexity index is 485. The van der Waals surface area contributed by atoms with E-state index in [9.17, 15) is 13.6 Å². The van der Waals surface area contributed by atoms with Gasteiger partial charge >= 0.3 is 0 Å². The van der Waals surface area contributed by atoms with Crippen molar-refractivity contribution < 1.29 is 13.6 Å². The van der Waals surface area contributed by atoms with E-state index in [1.807, 2.05) is 6.92 Å². The van der Waals surface area contributed by atoms with Crippen LogP contribution in [0.15, 0.2) is 18.2 Å². The summed E-state index contributed by atoms with van der Waals surface area (Å²) >= 11 is 0. The number of benzene rings is 1. The molecule has 1 fully saturated rings. The number of rotatable bonds is 4. The maximum Gasteiger partial charge on any atom is 0.217 e. The topological polar surface area (TPSA) is 46.3 Å². The van der Waals surface area contributed by atoms with Gasteiger partial charge in [0.25, 0.3) is 0 Å².